The Morgan fingerprint density at radius 2 is 2.28 bits per heavy atom. The summed E-state index contributed by atoms with van der Waals surface area (Å²) in [7, 11) is 0. The summed E-state index contributed by atoms with van der Waals surface area (Å²) in [6.45, 7) is 1.81. The van der Waals surface area contributed by atoms with Crippen LogP contribution in [0.5, 0.6) is 0 Å². The number of hydrogen-bond acceptors (Lipinski definition) is 3. The first kappa shape index (κ1) is 12.2. The van der Waals surface area contributed by atoms with Crippen LogP contribution in [0.2, 0.25) is 0 Å². The van der Waals surface area contributed by atoms with Crippen molar-refractivity contribution in [3.63, 3.8) is 0 Å². The topological polar surface area (TPSA) is 25.4 Å². The first-order valence-corrected chi connectivity index (χ1v) is 7.31. The molecule has 2 unspecified atom stereocenters. The average molecular weight is 267 g/mol. The second kappa shape index (κ2) is 5.45. The monoisotopic (exact) mass is 266 g/mol. The Morgan fingerprint density at radius 1 is 1.39 bits per heavy atom. The van der Waals surface area contributed by atoms with E-state index < -0.39 is 0 Å². The Labute approximate surface area is 113 Å². The van der Waals surface area contributed by atoms with Crippen molar-refractivity contribution in [1.82, 2.24) is 4.98 Å². The molecule has 1 aliphatic heterocycles. The molecule has 0 amide bonds. The summed E-state index contributed by atoms with van der Waals surface area (Å²) in [6, 6.07) is 4.75. The number of anilines is 1. The number of alkyl halides is 1. The van der Waals surface area contributed by atoms with E-state index in [1.165, 1.54) is 31.4 Å². The van der Waals surface area contributed by atoms with Gasteiger partial charge < -0.3 is 9.64 Å². The van der Waals surface area contributed by atoms with Gasteiger partial charge in [-0.3, -0.25) is 4.98 Å². The summed E-state index contributed by atoms with van der Waals surface area (Å²) in [6.07, 6.45) is 7.34. The lowest BCUT2D eigenvalue weighted by Gasteiger charge is -2.45. The molecule has 2 aliphatic rings. The summed E-state index contributed by atoms with van der Waals surface area (Å²) in [5.41, 5.74) is 2.20. The predicted octanol–water partition coefficient (Wildman–Crippen LogP) is 2.97. The van der Waals surface area contributed by atoms with Crippen LogP contribution in [-0.4, -0.2) is 30.3 Å². The van der Waals surface area contributed by atoms with Crippen molar-refractivity contribution < 1.29 is 4.74 Å². The third-order valence-electron chi connectivity index (χ3n) is 4.00. The van der Waals surface area contributed by atoms with E-state index >= 15 is 0 Å². The molecule has 1 saturated heterocycles. The number of aromatic nitrogens is 1. The van der Waals surface area contributed by atoms with Crippen LogP contribution in [0.1, 0.15) is 31.4 Å². The molecule has 18 heavy (non-hydrogen) atoms. The molecule has 3 nitrogen and oxygen atoms in total. The van der Waals surface area contributed by atoms with Gasteiger partial charge in [0.25, 0.3) is 0 Å². The van der Waals surface area contributed by atoms with Crippen molar-refractivity contribution >= 4 is 17.3 Å². The first-order valence-electron chi connectivity index (χ1n) is 6.77. The molecule has 0 bridgehead atoms. The lowest BCUT2D eigenvalue weighted by atomic mass is 9.90. The molecule has 4 heteroatoms. The third kappa shape index (κ3) is 2.34. The SMILES string of the molecule is ClCc1cc(N2CCOC3CCCCC32)ccn1. The molecule has 1 saturated carbocycles. The zero-order chi connectivity index (χ0) is 12.4. The third-order valence-corrected chi connectivity index (χ3v) is 4.27. The highest BCUT2D eigenvalue weighted by Gasteiger charge is 2.34. The van der Waals surface area contributed by atoms with Crippen LogP contribution < -0.4 is 4.90 Å². The van der Waals surface area contributed by atoms with E-state index in [1.807, 2.05) is 6.20 Å². The van der Waals surface area contributed by atoms with E-state index in [4.69, 9.17) is 16.3 Å². The van der Waals surface area contributed by atoms with Crippen LogP contribution in [-0.2, 0) is 10.6 Å². The van der Waals surface area contributed by atoms with Gasteiger partial charge in [-0.1, -0.05) is 12.8 Å². The van der Waals surface area contributed by atoms with Crippen molar-refractivity contribution in [3.8, 4) is 0 Å². The summed E-state index contributed by atoms with van der Waals surface area (Å²) in [5.74, 6) is 0.478. The Bertz CT molecular complexity index is 411. The fourth-order valence-corrected chi connectivity index (χ4v) is 3.28. The van der Waals surface area contributed by atoms with Gasteiger partial charge in [-0.05, 0) is 25.0 Å². The van der Waals surface area contributed by atoms with E-state index in [0.29, 0.717) is 18.0 Å². The minimum atomic E-state index is 0.417. The number of hydrogen-bond donors (Lipinski definition) is 0. The average Bonchev–Trinajstić information content (AvgIpc) is 2.47. The second-order valence-electron chi connectivity index (χ2n) is 5.09. The maximum Gasteiger partial charge on any atom is 0.0779 e. The van der Waals surface area contributed by atoms with E-state index in [9.17, 15) is 0 Å². The molecule has 0 aromatic carbocycles. The Hall–Kier alpha value is -0.800. The van der Waals surface area contributed by atoms with E-state index in [0.717, 1.165) is 18.8 Å². The maximum absolute atomic E-state index is 5.91. The van der Waals surface area contributed by atoms with Gasteiger partial charge in [0.05, 0.1) is 30.3 Å². The normalized spacial score (nSPS) is 27.9. The molecule has 0 N–H and O–H groups in total. The zero-order valence-electron chi connectivity index (χ0n) is 10.5. The van der Waals surface area contributed by atoms with Crippen LogP contribution in [0.3, 0.4) is 0 Å². The molecular weight excluding hydrogens is 248 g/mol. The molecule has 3 rings (SSSR count). The molecule has 1 aliphatic carbocycles. The first-order chi connectivity index (χ1) is 8.88. The molecule has 2 atom stereocenters. The molecule has 1 aromatic rings. The van der Waals surface area contributed by atoms with Crippen molar-refractivity contribution in [2.75, 3.05) is 18.1 Å². The lowest BCUT2D eigenvalue weighted by molar-refractivity contribution is -0.00868. The van der Waals surface area contributed by atoms with Gasteiger partial charge in [-0.2, -0.15) is 0 Å². The number of ether oxygens (including phenoxy) is 1. The predicted molar refractivity (Wildman–Crippen MR) is 73.1 cm³/mol. The quantitative estimate of drug-likeness (QED) is 0.770. The summed E-state index contributed by atoms with van der Waals surface area (Å²) in [5, 5.41) is 0. The Balaban J connectivity index is 1.84. The van der Waals surface area contributed by atoms with Crippen molar-refractivity contribution in [1.29, 1.82) is 0 Å². The van der Waals surface area contributed by atoms with Gasteiger partial charge in [-0.15, -0.1) is 11.6 Å². The van der Waals surface area contributed by atoms with Crippen LogP contribution in [0.4, 0.5) is 5.69 Å². The van der Waals surface area contributed by atoms with Crippen LogP contribution in [0, 0.1) is 0 Å². The molecular formula is C14H19ClN2O. The Kier molecular flexibility index (Phi) is 3.71. The van der Waals surface area contributed by atoms with E-state index in [-0.39, 0.29) is 0 Å². The number of fused-ring (bicyclic) bond motifs is 1. The standard InChI is InChI=1S/C14H19ClN2O/c15-10-11-9-12(5-6-16-11)17-7-8-18-14-4-2-1-3-13(14)17/h5-6,9,13-14H,1-4,7-8,10H2. The highest BCUT2D eigenvalue weighted by atomic mass is 35.5. The van der Waals surface area contributed by atoms with Crippen LogP contribution >= 0.6 is 11.6 Å². The Morgan fingerprint density at radius 3 is 3.17 bits per heavy atom. The van der Waals surface area contributed by atoms with E-state index in [2.05, 4.69) is 22.0 Å². The molecule has 98 valence electrons. The van der Waals surface area contributed by atoms with Crippen molar-refractivity contribution in [2.45, 2.75) is 43.7 Å². The number of morpholine rings is 1. The summed E-state index contributed by atoms with van der Waals surface area (Å²) < 4.78 is 5.91. The van der Waals surface area contributed by atoms with Gasteiger partial charge in [0.2, 0.25) is 0 Å². The zero-order valence-corrected chi connectivity index (χ0v) is 11.3. The van der Waals surface area contributed by atoms with E-state index in [1.54, 1.807) is 0 Å². The highest BCUT2D eigenvalue weighted by Crippen LogP contribution is 2.32. The van der Waals surface area contributed by atoms with Gasteiger partial charge >= 0.3 is 0 Å². The van der Waals surface area contributed by atoms with Gasteiger partial charge in [0.15, 0.2) is 0 Å². The van der Waals surface area contributed by atoms with Crippen LogP contribution in [0.25, 0.3) is 0 Å². The summed E-state index contributed by atoms with van der Waals surface area (Å²) >= 11 is 5.87. The second-order valence-corrected chi connectivity index (χ2v) is 5.36. The minimum absolute atomic E-state index is 0.417. The number of halogens is 1. The number of nitrogens with zero attached hydrogens (tertiary/aromatic N) is 2. The lowest BCUT2D eigenvalue weighted by Crippen LogP contribution is -2.52. The molecule has 2 fully saturated rings. The van der Waals surface area contributed by atoms with Gasteiger partial charge in [-0.25, -0.2) is 0 Å². The molecule has 1 aromatic heterocycles. The highest BCUT2D eigenvalue weighted by molar-refractivity contribution is 6.16. The number of pyridine rings is 1. The molecule has 0 spiro atoms. The molecule has 0 radical (unpaired) electrons. The molecule has 2 heterocycles. The summed E-state index contributed by atoms with van der Waals surface area (Å²) in [4.78, 5) is 6.76. The van der Waals surface area contributed by atoms with Crippen molar-refractivity contribution in [3.05, 3.63) is 24.0 Å². The minimum Gasteiger partial charge on any atom is -0.374 e. The maximum atomic E-state index is 5.91. The fraction of sp³-hybridized carbons (Fsp3) is 0.643. The largest absolute Gasteiger partial charge is 0.374 e. The van der Waals surface area contributed by atoms with Gasteiger partial charge in [0, 0.05) is 18.4 Å². The van der Waals surface area contributed by atoms with Crippen molar-refractivity contribution in [2.24, 2.45) is 0 Å². The number of rotatable bonds is 2. The van der Waals surface area contributed by atoms with Gasteiger partial charge in [0.1, 0.15) is 0 Å². The fourth-order valence-electron chi connectivity index (χ4n) is 3.13. The smallest absolute Gasteiger partial charge is 0.0779 e. The van der Waals surface area contributed by atoms with Crippen LogP contribution in [0.15, 0.2) is 18.3 Å².